The molecule has 1 aromatic heterocycles. The van der Waals surface area contributed by atoms with Crippen molar-refractivity contribution in [2.24, 2.45) is 0 Å². The summed E-state index contributed by atoms with van der Waals surface area (Å²) >= 11 is -0.346. The van der Waals surface area contributed by atoms with E-state index < -0.39 is 15.8 Å². The molecule has 0 fully saturated rings. The van der Waals surface area contributed by atoms with Crippen molar-refractivity contribution in [2.45, 2.75) is 34.2 Å². The molecule has 0 aliphatic carbocycles. The Balaban J connectivity index is 0.000000472. The molecule has 62 heavy (non-hydrogen) atoms. The molecule has 9 aromatic rings. The van der Waals surface area contributed by atoms with Crippen LogP contribution in [0.15, 0.2) is 194 Å². The molecule has 0 atom stereocenters. The summed E-state index contributed by atoms with van der Waals surface area (Å²) < 4.78 is 0. The van der Waals surface area contributed by atoms with E-state index in [-0.39, 0.29) is 29.1 Å². The first-order valence-electron chi connectivity index (χ1n) is 20.2. The van der Waals surface area contributed by atoms with Gasteiger partial charge in [0.1, 0.15) is 15.9 Å². The van der Waals surface area contributed by atoms with Crippen molar-refractivity contribution < 1.29 is 15.1 Å². The van der Waals surface area contributed by atoms with Gasteiger partial charge in [0, 0.05) is 23.0 Å². The Labute approximate surface area is 386 Å². The Morgan fingerprint density at radius 3 is 1.35 bits per heavy atom. The molecule has 0 unspecified atom stereocenters. The SMILES string of the molecule is Cc1ccc(P(c2ccc(C)cc2)c2ccc3ccccc3c2-c2c([PH+](c3ccc(C)cc3)c3ccc(C)cc3)ccc3ccccc23)cc1.[CH3-].[Cl][Ru+2][Cl].[NH-]Cc1ccccn1. The van der Waals surface area contributed by atoms with Gasteiger partial charge in [-0.3, -0.25) is 4.98 Å². The van der Waals surface area contributed by atoms with E-state index in [0.717, 1.165) is 5.69 Å². The zero-order chi connectivity index (χ0) is 42.7. The van der Waals surface area contributed by atoms with Crippen molar-refractivity contribution in [2.75, 3.05) is 0 Å². The van der Waals surface area contributed by atoms with Crippen LogP contribution in [0.1, 0.15) is 27.9 Å². The van der Waals surface area contributed by atoms with Gasteiger partial charge in [0.2, 0.25) is 0 Å². The molecule has 1 heterocycles. The molecule has 2 nitrogen and oxygen atoms in total. The second kappa shape index (κ2) is 22.7. The van der Waals surface area contributed by atoms with Crippen LogP contribution in [0.2, 0.25) is 0 Å². The standard InChI is InChI=1S/C48H40P2.C6H7N2.CH3.2ClH.Ru/c1-33-13-23-39(24-14-33)49(40-25-15-34(2)16-26-40)45-31-21-37-9-5-7-11-43(37)47(45)48-44-12-8-6-10-38(44)22-32-46(48)50(41-27-17-35(3)18-28-41)42-29-19-36(4)20-30-42;7-5-6-3-1-2-4-8-6;;;;/h5-32H,1-4H3;1-4,7H,5H2;1H3;2*1H;/q;2*-1;;;+4/p-1. The monoisotopic (exact) mass is 973 g/mol. The average Bonchev–Trinajstić information content (AvgIpc) is 3.30. The van der Waals surface area contributed by atoms with Gasteiger partial charge < -0.3 is 13.2 Å². The number of nitrogens with one attached hydrogen (secondary N) is 1. The van der Waals surface area contributed by atoms with Gasteiger partial charge in [-0.1, -0.05) is 168 Å². The predicted octanol–water partition coefficient (Wildman–Crippen LogP) is 13.6. The number of halogens is 2. The first-order chi connectivity index (χ1) is 29.8. The molecule has 0 radical (unpaired) electrons. The summed E-state index contributed by atoms with van der Waals surface area (Å²) in [5, 5.41) is 13.5. The molecule has 1 N–H and O–H groups in total. The largest absolute Gasteiger partial charge is 0.672 e. The Kier molecular flexibility index (Phi) is 17.2. The van der Waals surface area contributed by atoms with E-state index in [1.54, 1.807) is 6.20 Å². The van der Waals surface area contributed by atoms with Crippen LogP contribution in [-0.4, -0.2) is 4.98 Å². The predicted molar refractivity (Wildman–Crippen MR) is 275 cm³/mol. The number of benzene rings is 8. The van der Waals surface area contributed by atoms with Gasteiger partial charge in [-0.15, -0.1) is 6.54 Å². The van der Waals surface area contributed by atoms with Crippen LogP contribution in [0.25, 0.3) is 38.4 Å². The van der Waals surface area contributed by atoms with Crippen LogP contribution in [0.3, 0.4) is 0 Å². The average molecular weight is 974 g/mol. The fourth-order valence-corrected chi connectivity index (χ4v) is 12.8. The molecule has 7 heteroatoms. The van der Waals surface area contributed by atoms with E-state index in [0.29, 0.717) is 0 Å². The number of fused-ring (bicyclic) bond motifs is 2. The van der Waals surface area contributed by atoms with E-state index in [4.69, 9.17) is 25.1 Å². The van der Waals surface area contributed by atoms with Gasteiger partial charge >= 0.3 is 34.5 Å². The third-order valence-electron chi connectivity index (χ3n) is 10.8. The van der Waals surface area contributed by atoms with Crippen molar-refractivity contribution in [3.63, 3.8) is 0 Å². The second-order valence-corrected chi connectivity index (χ2v) is 22.3. The van der Waals surface area contributed by atoms with Crippen molar-refractivity contribution in [3.8, 4) is 11.1 Å². The number of hydrogen-bond donors (Lipinski definition) is 0. The molecule has 0 saturated carbocycles. The summed E-state index contributed by atoms with van der Waals surface area (Å²) in [5.41, 5.74) is 15.6. The normalized spacial score (nSPS) is 10.8. The molecule has 0 aliphatic rings. The van der Waals surface area contributed by atoms with E-state index in [1.807, 2.05) is 18.2 Å². The van der Waals surface area contributed by atoms with Crippen LogP contribution >= 0.6 is 35.2 Å². The zero-order valence-corrected chi connectivity index (χ0v) is 40.8. The molecule has 9 rings (SSSR count). The fraction of sp³-hybridized carbons (Fsp3) is 0.0909. The summed E-state index contributed by atoms with van der Waals surface area (Å²) in [6.07, 6.45) is 1.70. The number of hydrogen-bond acceptors (Lipinski definition) is 1. The van der Waals surface area contributed by atoms with E-state index in [2.05, 4.69) is 203 Å². The minimum atomic E-state index is -1.42. The van der Waals surface area contributed by atoms with Crippen molar-refractivity contribution in [1.82, 2.24) is 4.98 Å². The maximum atomic E-state index is 6.88. The Hall–Kier alpha value is -4.55. The number of rotatable bonds is 8. The van der Waals surface area contributed by atoms with Gasteiger partial charge in [-0.25, -0.2) is 0 Å². The second-order valence-electron chi connectivity index (χ2n) is 15.1. The molecule has 0 aliphatic heterocycles. The quantitative estimate of drug-likeness (QED) is 0.0849. The Morgan fingerprint density at radius 1 is 0.500 bits per heavy atom. The van der Waals surface area contributed by atoms with Crippen molar-refractivity contribution in [3.05, 3.63) is 235 Å². The molecule has 0 saturated heterocycles. The third-order valence-corrected chi connectivity index (χ3v) is 16.0. The summed E-state index contributed by atoms with van der Waals surface area (Å²) in [6.45, 7) is 9.01. The molecular weight excluding hydrogens is 923 g/mol. The van der Waals surface area contributed by atoms with Gasteiger partial charge in [0.25, 0.3) is 0 Å². The number of pyridine rings is 1. The Morgan fingerprint density at radius 2 is 0.919 bits per heavy atom. The van der Waals surface area contributed by atoms with Crippen molar-refractivity contribution in [1.29, 1.82) is 0 Å². The zero-order valence-electron chi connectivity index (χ0n) is 35.7. The van der Waals surface area contributed by atoms with Crippen molar-refractivity contribution >= 4 is 88.6 Å². The molecule has 0 amide bonds. The minimum absolute atomic E-state index is 0. The summed E-state index contributed by atoms with van der Waals surface area (Å²) in [6, 6.07) is 70.4. The van der Waals surface area contributed by atoms with Gasteiger partial charge in [0.15, 0.2) is 0 Å². The number of aryl methyl sites for hydroxylation is 4. The van der Waals surface area contributed by atoms with Gasteiger partial charge in [-0.05, 0) is 116 Å². The van der Waals surface area contributed by atoms with Crippen LogP contribution in [0.5, 0.6) is 0 Å². The van der Waals surface area contributed by atoms with E-state index in [9.17, 15) is 0 Å². The molecule has 0 spiro atoms. The first kappa shape index (κ1) is 46.9. The number of aromatic nitrogens is 1. The maximum Gasteiger partial charge on any atom is 0.0270 e. The fourth-order valence-electron chi connectivity index (χ4n) is 7.69. The summed E-state index contributed by atoms with van der Waals surface area (Å²) in [4.78, 5) is 3.91. The molecular formula is C55H51Cl2N2P2Ru+. The van der Waals surface area contributed by atoms with Crippen LogP contribution in [0, 0.1) is 35.1 Å². The van der Waals surface area contributed by atoms with Gasteiger partial charge in [-0.2, -0.15) is 0 Å². The van der Waals surface area contributed by atoms with Crippen LogP contribution < -0.4 is 31.8 Å². The first-order valence-corrected chi connectivity index (χ1v) is 27.5. The summed E-state index contributed by atoms with van der Waals surface area (Å²) in [7, 11) is 7.41. The van der Waals surface area contributed by atoms with Crippen LogP contribution in [-0.2, 0) is 21.7 Å². The van der Waals surface area contributed by atoms with E-state index >= 15 is 0 Å². The Bertz CT molecular complexity index is 2550. The van der Waals surface area contributed by atoms with Gasteiger partial charge in [0.05, 0.1) is 7.92 Å². The maximum absolute atomic E-state index is 6.88. The molecule has 0 bridgehead atoms. The summed E-state index contributed by atoms with van der Waals surface area (Å²) in [5.74, 6) is 0. The third kappa shape index (κ3) is 11.1. The topological polar surface area (TPSA) is 36.7 Å². The number of nitrogens with zero attached hydrogens (tertiary/aromatic N) is 1. The van der Waals surface area contributed by atoms with E-state index in [1.165, 1.54) is 86.8 Å². The molecule has 8 aromatic carbocycles. The smallest absolute Gasteiger partial charge is 0.0270 e. The van der Waals surface area contributed by atoms with Crippen LogP contribution in [0.4, 0.5) is 0 Å². The minimum Gasteiger partial charge on any atom is -0.672 e. The molecule has 312 valence electrons.